The third-order valence-corrected chi connectivity index (χ3v) is 4.16. The number of carboxylic acids is 3. The van der Waals surface area contributed by atoms with Crippen molar-refractivity contribution >= 4 is 29.7 Å². The van der Waals surface area contributed by atoms with Gasteiger partial charge in [0.1, 0.15) is 34.5 Å². The fourth-order valence-corrected chi connectivity index (χ4v) is 2.43. The van der Waals surface area contributed by atoms with Gasteiger partial charge in [0.15, 0.2) is 5.75 Å². The standard InChI is InChI=1S/C10H7NO3.C7H5NO5.C7H6O4/c11-6-8(10(13)14)4-7-2-1-3-9(12)5-7;9-6-3-4(7(10)11)1-2-5(6)8(12)13;8-4-1-2-6(9)5(3-4)7(10)11/h1-5,12H,(H,13,14);1-3,9H,(H,10,11);1-3,8-9H,(H,10,11). The van der Waals surface area contributed by atoms with Crippen LogP contribution in [0, 0.1) is 21.4 Å². The van der Waals surface area contributed by atoms with E-state index in [1.54, 1.807) is 18.2 Å². The smallest absolute Gasteiger partial charge is 0.346 e. The van der Waals surface area contributed by atoms with E-state index < -0.39 is 34.3 Å². The monoisotopic (exact) mass is 526 g/mol. The topological polar surface area (TPSA) is 260 Å². The van der Waals surface area contributed by atoms with Crippen molar-refractivity contribution in [1.29, 1.82) is 5.26 Å². The lowest BCUT2D eigenvalue weighted by Gasteiger charge is -1.98. The van der Waals surface area contributed by atoms with Crippen LogP contribution in [0.15, 0.2) is 66.2 Å². The largest absolute Gasteiger partial charge is 0.508 e. The molecular weight excluding hydrogens is 508 g/mol. The van der Waals surface area contributed by atoms with Crippen molar-refractivity contribution < 1.29 is 55.1 Å². The van der Waals surface area contributed by atoms with Gasteiger partial charge in [0.2, 0.25) is 0 Å². The Balaban J connectivity index is 0.000000287. The Hall–Kier alpha value is -6.10. The Kier molecular flexibility index (Phi) is 10.8. The van der Waals surface area contributed by atoms with Crippen LogP contribution in [0.4, 0.5) is 5.69 Å². The van der Waals surface area contributed by atoms with Crippen LogP contribution in [-0.4, -0.2) is 58.6 Å². The van der Waals surface area contributed by atoms with Crippen LogP contribution in [-0.2, 0) is 4.79 Å². The van der Waals surface area contributed by atoms with Crippen LogP contribution < -0.4 is 0 Å². The number of phenolic OH excluding ortho intramolecular Hbond substituents is 3. The van der Waals surface area contributed by atoms with E-state index in [0.29, 0.717) is 5.56 Å². The van der Waals surface area contributed by atoms with Crippen LogP contribution in [0.5, 0.6) is 23.0 Å². The SMILES string of the molecule is N#CC(=Cc1cccc(O)c1)C(=O)O.O=C(O)c1cc(O)ccc1O.O=C(O)c1ccc([N+](=O)[O-])c(O)c1. The zero-order valence-electron chi connectivity index (χ0n) is 18.9. The molecule has 0 aliphatic carbocycles. The maximum absolute atomic E-state index is 10.5. The summed E-state index contributed by atoms with van der Waals surface area (Å²) in [6.07, 6.45) is 1.20. The molecule has 0 aliphatic rings. The van der Waals surface area contributed by atoms with Crippen LogP contribution in [0.2, 0.25) is 0 Å². The summed E-state index contributed by atoms with van der Waals surface area (Å²) in [7, 11) is 0. The molecule has 3 rings (SSSR count). The zero-order valence-corrected chi connectivity index (χ0v) is 18.9. The summed E-state index contributed by atoms with van der Waals surface area (Å²) in [6, 6.07) is 13.7. The first-order valence-corrected chi connectivity index (χ1v) is 9.86. The summed E-state index contributed by atoms with van der Waals surface area (Å²) in [5.41, 5.74) is -0.891. The maximum atomic E-state index is 10.5. The minimum absolute atomic E-state index is 0.0291. The van der Waals surface area contributed by atoms with Gasteiger partial charge in [-0.25, -0.2) is 14.4 Å². The highest BCUT2D eigenvalue weighted by Gasteiger charge is 2.15. The minimum atomic E-state index is -1.28. The Morgan fingerprint density at radius 2 is 1.45 bits per heavy atom. The molecule has 3 aromatic carbocycles. The second-order valence-corrected chi connectivity index (χ2v) is 6.84. The van der Waals surface area contributed by atoms with Crippen LogP contribution in [0.25, 0.3) is 6.08 Å². The van der Waals surface area contributed by atoms with E-state index in [-0.39, 0.29) is 33.9 Å². The number of aliphatic carboxylic acids is 1. The van der Waals surface area contributed by atoms with Gasteiger partial charge in [-0.05, 0) is 48.0 Å². The van der Waals surface area contributed by atoms with E-state index in [1.165, 1.54) is 24.3 Å². The van der Waals surface area contributed by atoms with Crippen molar-refractivity contribution in [2.45, 2.75) is 0 Å². The molecular formula is C24H18N2O12. The number of carbonyl (C=O) groups is 3. The molecule has 14 nitrogen and oxygen atoms in total. The van der Waals surface area contributed by atoms with Gasteiger partial charge in [0.25, 0.3) is 0 Å². The van der Waals surface area contributed by atoms with Gasteiger partial charge in [-0.1, -0.05) is 12.1 Å². The quantitative estimate of drug-likeness (QED) is 0.0829. The zero-order chi connectivity index (χ0) is 29.0. The van der Waals surface area contributed by atoms with Gasteiger partial charge in [-0.15, -0.1) is 0 Å². The fourth-order valence-electron chi connectivity index (χ4n) is 2.43. The Labute approximate surface area is 212 Å². The predicted molar refractivity (Wildman–Crippen MR) is 128 cm³/mol. The third kappa shape index (κ3) is 9.27. The highest BCUT2D eigenvalue weighted by molar-refractivity contribution is 5.96. The highest BCUT2D eigenvalue weighted by Crippen LogP contribution is 2.26. The minimum Gasteiger partial charge on any atom is -0.508 e. The molecule has 0 aromatic heterocycles. The second kappa shape index (κ2) is 13.7. The average Bonchev–Trinajstić information content (AvgIpc) is 2.84. The van der Waals surface area contributed by atoms with E-state index in [1.807, 2.05) is 0 Å². The summed E-state index contributed by atoms with van der Waals surface area (Å²) in [6.45, 7) is 0. The van der Waals surface area contributed by atoms with Crippen LogP contribution in [0.1, 0.15) is 26.3 Å². The molecule has 38 heavy (non-hydrogen) atoms. The maximum Gasteiger partial charge on any atom is 0.346 e. The number of hydrogen-bond acceptors (Lipinski definition) is 10. The Morgan fingerprint density at radius 1 is 0.816 bits per heavy atom. The lowest BCUT2D eigenvalue weighted by Crippen LogP contribution is -1.97. The van der Waals surface area contributed by atoms with Crippen molar-refractivity contribution in [3.05, 3.63) is 93.0 Å². The van der Waals surface area contributed by atoms with Gasteiger partial charge in [0.05, 0.1) is 10.5 Å². The molecule has 14 heteroatoms. The molecule has 0 bridgehead atoms. The molecule has 0 fully saturated rings. The van der Waals surface area contributed by atoms with Crippen molar-refractivity contribution in [2.24, 2.45) is 0 Å². The van der Waals surface area contributed by atoms with E-state index in [0.717, 1.165) is 30.3 Å². The lowest BCUT2D eigenvalue weighted by molar-refractivity contribution is -0.385. The predicted octanol–water partition coefficient (Wildman–Crippen LogP) is 3.18. The summed E-state index contributed by atoms with van der Waals surface area (Å²) in [5, 5.41) is 79.9. The number of nitro groups is 1. The number of rotatable bonds is 5. The number of nitro benzene ring substituents is 1. The number of nitriles is 1. The van der Waals surface area contributed by atoms with E-state index in [4.69, 9.17) is 41.0 Å². The lowest BCUT2D eigenvalue weighted by atomic mass is 10.1. The molecule has 0 radical (unpaired) electrons. The molecule has 0 saturated carbocycles. The van der Waals surface area contributed by atoms with Crippen molar-refractivity contribution in [2.75, 3.05) is 0 Å². The van der Waals surface area contributed by atoms with Crippen molar-refractivity contribution in [1.82, 2.24) is 0 Å². The molecule has 0 amide bonds. The highest BCUT2D eigenvalue weighted by atomic mass is 16.6. The van der Waals surface area contributed by atoms with E-state index in [9.17, 15) is 24.5 Å². The van der Waals surface area contributed by atoms with E-state index >= 15 is 0 Å². The van der Waals surface area contributed by atoms with Crippen molar-refractivity contribution in [3.63, 3.8) is 0 Å². The molecule has 0 aliphatic heterocycles. The number of nitrogens with zero attached hydrogens (tertiary/aromatic N) is 2. The van der Waals surface area contributed by atoms with Crippen molar-refractivity contribution in [3.8, 4) is 29.1 Å². The first kappa shape index (κ1) is 29.9. The normalized spacial score (nSPS) is 9.92. The first-order valence-electron chi connectivity index (χ1n) is 9.86. The van der Waals surface area contributed by atoms with Crippen LogP contribution >= 0.6 is 0 Å². The number of phenols is 4. The number of aromatic hydroxyl groups is 4. The first-order chi connectivity index (χ1) is 17.8. The van der Waals surface area contributed by atoms with Gasteiger partial charge >= 0.3 is 23.6 Å². The number of carboxylic acid groups (broad SMARTS) is 3. The molecule has 0 unspecified atom stereocenters. The number of benzene rings is 3. The number of hydrogen-bond donors (Lipinski definition) is 7. The van der Waals surface area contributed by atoms with Gasteiger partial charge in [-0.2, -0.15) is 5.26 Å². The summed E-state index contributed by atoms with van der Waals surface area (Å²) >= 11 is 0. The molecule has 196 valence electrons. The fraction of sp³-hybridized carbons (Fsp3) is 0. The Morgan fingerprint density at radius 3 is 1.89 bits per heavy atom. The molecule has 7 N–H and O–H groups in total. The Bertz CT molecular complexity index is 1440. The number of aromatic carboxylic acids is 2. The molecule has 0 heterocycles. The van der Waals surface area contributed by atoms with Gasteiger partial charge < -0.3 is 35.7 Å². The third-order valence-electron chi connectivity index (χ3n) is 4.16. The second-order valence-electron chi connectivity index (χ2n) is 6.84. The molecule has 0 saturated heterocycles. The van der Waals surface area contributed by atoms with Gasteiger partial charge in [-0.3, -0.25) is 10.1 Å². The van der Waals surface area contributed by atoms with E-state index in [2.05, 4.69) is 0 Å². The summed E-state index contributed by atoms with van der Waals surface area (Å²) < 4.78 is 0. The summed E-state index contributed by atoms with van der Waals surface area (Å²) in [5.74, 6) is -4.94. The van der Waals surface area contributed by atoms with Crippen LogP contribution in [0.3, 0.4) is 0 Å². The molecule has 3 aromatic rings. The molecule has 0 spiro atoms. The summed E-state index contributed by atoms with van der Waals surface area (Å²) in [4.78, 5) is 40.5. The average molecular weight is 526 g/mol. The molecule has 0 atom stereocenters. The van der Waals surface area contributed by atoms with Gasteiger partial charge in [0, 0.05) is 12.1 Å².